The minimum atomic E-state index is -4.75. The molecular formula is C14H17F3N2O2. The van der Waals surface area contributed by atoms with Crippen molar-refractivity contribution in [3.63, 3.8) is 0 Å². The lowest BCUT2D eigenvalue weighted by Gasteiger charge is -2.11. The van der Waals surface area contributed by atoms with E-state index in [9.17, 15) is 13.2 Å². The Hall–Kier alpha value is -2.18. The molecule has 1 heterocycles. The molecule has 1 aromatic heterocycles. The molecule has 7 heteroatoms. The topological polar surface area (TPSA) is 47.3 Å². The van der Waals surface area contributed by atoms with Crippen molar-refractivity contribution >= 4 is 6.01 Å². The van der Waals surface area contributed by atoms with Gasteiger partial charge in [0.05, 0.1) is 11.8 Å². The maximum atomic E-state index is 12.2. The van der Waals surface area contributed by atoms with Gasteiger partial charge >= 0.3 is 6.36 Å². The fraction of sp³-hybridized carbons (Fsp3) is 0.357. The van der Waals surface area contributed by atoms with Gasteiger partial charge in [-0.05, 0) is 12.1 Å². The SMILES string of the molecule is CCC.CNc1ncc(-c2ccccc2OC(F)(F)F)o1. The van der Waals surface area contributed by atoms with Gasteiger partial charge in [0.25, 0.3) is 6.01 Å². The van der Waals surface area contributed by atoms with Crippen LogP contribution in [0.2, 0.25) is 0 Å². The van der Waals surface area contributed by atoms with Gasteiger partial charge in [0, 0.05) is 7.05 Å². The van der Waals surface area contributed by atoms with Gasteiger partial charge in [-0.1, -0.05) is 32.4 Å². The van der Waals surface area contributed by atoms with Crippen LogP contribution < -0.4 is 10.1 Å². The molecule has 0 saturated heterocycles. The fourth-order valence-electron chi connectivity index (χ4n) is 1.40. The molecule has 0 saturated carbocycles. The van der Waals surface area contributed by atoms with Gasteiger partial charge in [0.1, 0.15) is 5.75 Å². The number of hydrogen-bond donors (Lipinski definition) is 1. The maximum absolute atomic E-state index is 12.2. The number of alkyl halides is 3. The lowest BCUT2D eigenvalue weighted by atomic mass is 10.1. The first-order chi connectivity index (χ1) is 9.91. The van der Waals surface area contributed by atoms with Crippen LogP contribution in [0.1, 0.15) is 20.3 Å². The number of nitrogens with one attached hydrogen (secondary N) is 1. The normalized spacial score (nSPS) is 10.6. The molecule has 1 aromatic carbocycles. The lowest BCUT2D eigenvalue weighted by molar-refractivity contribution is -0.274. The first-order valence-electron chi connectivity index (χ1n) is 6.40. The molecule has 2 rings (SSSR count). The van der Waals surface area contributed by atoms with E-state index < -0.39 is 6.36 Å². The van der Waals surface area contributed by atoms with Crippen LogP contribution in [0.3, 0.4) is 0 Å². The Kier molecular flexibility index (Phi) is 6.08. The first kappa shape index (κ1) is 16.9. The molecule has 0 bridgehead atoms. The number of halogens is 3. The van der Waals surface area contributed by atoms with Gasteiger partial charge < -0.3 is 14.5 Å². The minimum Gasteiger partial charge on any atom is -0.423 e. The zero-order valence-corrected chi connectivity index (χ0v) is 12.0. The highest BCUT2D eigenvalue weighted by atomic mass is 19.4. The fourth-order valence-corrected chi connectivity index (χ4v) is 1.40. The summed E-state index contributed by atoms with van der Waals surface area (Å²) < 4.78 is 45.8. The van der Waals surface area contributed by atoms with E-state index in [-0.39, 0.29) is 23.1 Å². The first-order valence-corrected chi connectivity index (χ1v) is 6.40. The van der Waals surface area contributed by atoms with Crippen LogP contribution in [0, 0.1) is 0 Å². The molecular weight excluding hydrogens is 285 g/mol. The molecule has 0 radical (unpaired) electrons. The molecule has 0 amide bonds. The monoisotopic (exact) mass is 302 g/mol. The average molecular weight is 302 g/mol. The summed E-state index contributed by atoms with van der Waals surface area (Å²) in [5.41, 5.74) is 0.184. The Morgan fingerprint density at radius 1 is 1.24 bits per heavy atom. The van der Waals surface area contributed by atoms with E-state index in [0.29, 0.717) is 0 Å². The molecule has 0 aliphatic rings. The summed E-state index contributed by atoms with van der Waals surface area (Å²) in [5, 5.41) is 2.64. The molecule has 116 valence electrons. The van der Waals surface area contributed by atoms with Crippen molar-refractivity contribution in [1.29, 1.82) is 0 Å². The van der Waals surface area contributed by atoms with Gasteiger partial charge in [-0.2, -0.15) is 0 Å². The number of para-hydroxylation sites is 1. The standard InChI is InChI=1S/C11H9F3N2O2.C3H8/c1-15-10-16-6-9(17-10)7-4-2-3-5-8(7)18-11(12,13)14;1-3-2/h2-6H,1H3,(H,15,16);3H2,1-2H3. The van der Waals surface area contributed by atoms with Crippen molar-refractivity contribution < 1.29 is 22.3 Å². The van der Waals surface area contributed by atoms with Crippen molar-refractivity contribution in [2.75, 3.05) is 12.4 Å². The van der Waals surface area contributed by atoms with E-state index >= 15 is 0 Å². The van der Waals surface area contributed by atoms with E-state index in [1.807, 2.05) is 0 Å². The number of aromatic nitrogens is 1. The second-order valence-electron chi connectivity index (χ2n) is 4.03. The molecule has 0 fully saturated rings. The summed E-state index contributed by atoms with van der Waals surface area (Å²) in [4.78, 5) is 3.83. The van der Waals surface area contributed by atoms with Crippen LogP contribution >= 0.6 is 0 Å². The number of rotatable bonds is 3. The van der Waals surface area contributed by atoms with Crippen molar-refractivity contribution in [3.05, 3.63) is 30.5 Å². The largest absolute Gasteiger partial charge is 0.573 e. The van der Waals surface area contributed by atoms with Crippen LogP contribution in [0.15, 0.2) is 34.9 Å². The Bertz CT molecular complexity index is 553. The van der Waals surface area contributed by atoms with Crippen molar-refractivity contribution in [2.45, 2.75) is 26.6 Å². The predicted molar refractivity (Wildman–Crippen MR) is 74.1 cm³/mol. The number of ether oxygens (including phenoxy) is 1. The van der Waals surface area contributed by atoms with E-state index in [1.54, 1.807) is 13.1 Å². The van der Waals surface area contributed by atoms with Crippen LogP contribution in [0.25, 0.3) is 11.3 Å². The minimum absolute atomic E-state index is 0.184. The molecule has 21 heavy (non-hydrogen) atoms. The third-order valence-electron chi connectivity index (χ3n) is 2.10. The highest BCUT2D eigenvalue weighted by molar-refractivity contribution is 5.65. The zero-order chi connectivity index (χ0) is 15.9. The van der Waals surface area contributed by atoms with Crippen molar-refractivity contribution in [2.24, 2.45) is 0 Å². The maximum Gasteiger partial charge on any atom is 0.573 e. The van der Waals surface area contributed by atoms with Crippen molar-refractivity contribution in [1.82, 2.24) is 4.98 Å². The highest BCUT2D eigenvalue weighted by Gasteiger charge is 2.32. The Balaban J connectivity index is 0.000000677. The van der Waals surface area contributed by atoms with E-state index in [0.717, 1.165) is 0 Å². The molecule has 0 aliphatic heterocycles. The molecule has 1 N–H and O–H groups in total. The Morgan fingerprint density at radius 3 is 2.38 bits per heavy atom. The molecule has 4 nitrogen and oxygen atoms in total. The van der Waals surface area contributed by atoms with Gasteiger partial charge in [-0.25, -0.2) is 4.98 Å². The van der Waals surface area contributed by atoms with Gasteiger partial charge in [-0.15, -0.1) is 13.2 Å². The average Bonchev–Trinajstić information content (AvgIpc) is 2.87. The smallest absolute Gasteiger partial charge is 0.423 e. The molecule has 0 atom stereocenters. The van der Waals surface area contributed by atoms with Crippen LogP contribution in [0.4, 0.5) is 19.2 Å². The third kappa shape index (κ3) is 5.37. The van der Waals surface area contributed by atoms with Crippen LogP contribution in [-0.4, -0.2) is 18.4 Å². The number of hydrogen-bond acceptors (Lipinski definition) is 4. The number of nitrogens with zero attached hydrogens (tertiary/aromatic N) is 1. The number of benzene rings is 1. The summed E-state index contributed by atoms with van der Waals surface area (Å²) in [6, 6.07) is 5.91. The number of anilines is 1. The second kappa shape index (κ2) is 7.56. The Labute approximate surface area is 120 Å². The van der Waals surface area contributed by atoms with E-state index in [1.165, 1.54) is 30.8 Å². The number of oxazole rings is 1. The molecule has 2 aromatic rings. The summed E-state index contributed by atoms with van der Waals surface area (Å²) in [7, 11) is 1.59. The van der Waals surface area contributed by atoms with Crippen LogP contribution in [-0.2, 0) is 0 Å². The van der Waals surface area contributed by atoms with Gasteiger partial charge in [0.2, 0.25) is 0 Å². The summed E-state index contributed by atoms with van der Waals surface area (Å²) >= 11 is 0. The van der Waals surface area contributed by atoms with E-state index in [4.69, 9.17) is 4.42 Å². The quantitative estimate of drug-likeness (QED) is 0.893. The van der Waals surface area contributed by atoms with Crippen molar-refractivity contribution in [3.8, 4) is 17.1 Å². The Morgan fingerprint density at radius 2 is 1.86 bits per heavy atom. The molecule has 0 unspecified atom stereocenters. The van der Waals surface area contributed by atoms with Gasteiger partial charge in [0.15, 0.2) is 5.76 Å². The summed E-state index contributed by atoms with van der Waals surface area (Å²) in [6.45, 7) is 4.25. The van der Waals surface area contributed by atoms with Gasteiger partial charge in [-0.3, -0.25) is 0 Å². The third-order valence-corrected chi connectivity index (χ3v) is 2.10. The molecule has 0 aliphatic carbocycles. The van der Waals surface area contributed by atoms with E-state index in [2.05, 4.69) is 28.9 Å². The van der Waals surface area contributed by atoms with Crippen LogP contribution in [0.5, 0.6) is 5.75 Å². The molecule has 0 spiro atoms. The predicted octanol–water partition coefficient (Wildman–Crippen LogP) is 4.70. The highest BCUT2D eigenvalue weighted by Crippen LogP contribution is 2.34. The summed E-state index contributed by atoms with van der Waals surface area (Å²) in [5.74, 6) is -0.136. The lowest BCUT2D eigenvalue weighted by Crippen LogP contribution is -2.17. The second-order valence-corrected chi connectivity index (χ2v) is 4.03. The summed E-state index contributed by atoms with van der Waals surface area (Å²) in [6.07, 6.45) is -2.17. The zero-order valence-electron chi connectivity index (χ0n) is 12.0.